The largest absolute Gasteiger partial charge is 0.480 e. The number of amides is 1. The van der Waals surface area contributed by atoms with Gasteiger partial charge in [-0.3, -0.25) is 4.79 Å². The maximum absolute atomic E-state index is 12.3. The summed E-state index contributed by atoms with van der Waals surface area (Å²) in [5, 5.41) is 4.08. The lowest BCUT2D eigenvalue weighted by molar-refractivity contribution is -0.122. The Hall–Kier alpha value is -1.71. The number of aryl methyl sites for hydroxylation is 1. The van der Waals surface area contributed by atoms with E-state index in [4.69, 9.17) is 27.9 Å². The molecular formula is C16H13Cl2NO2. The molecule has 0 radical (unpaired) electrons. The summed E-state index contributed by atoms with van der Waals surface area (Å²) < 4.78 is 5.65. The first-order valence-corrected chi connectivity index (χ1v) is 7.30. The number of carbonyl (C=O) groups excluding carboxylic acids is 1. The van der Waals surface area contributed by atoms with E-state index in [1.807, 2.05) is 25.1 Å². The Balaban J connectivity index is 1.71. The van der Waals surface area contributed by atoms with E-state index >= 15 is 0 Å². The molecule has 1 aliphatic rings. The Morgan fingerprint density at radius 2 is 2.05 bits per heavy atom. The molecule has 0 aromatic heterocycles. The molecule has 108 valence electrons. The minimum atomic E-state index is -0.543. The van der Waals surface area contributed by atoms with Crippen molar-refractivity contribution in [1.29, 1.82) is 0 Å². The van der Waals surface area contributed by atoms with Crippen LogP contribution in [0.25, 0.3) is 0 Å². The highest BCUT2D eigenvalue weighted by molar-refractivity contribution is 6.31. The lowest BCUT2D eigenvalue weighted by Gasteiger charge is -2.12. The third-order valence-corrected chi connectivity index (χ3v) is 4.07. The zero-order valence-electron chi connectivity index (χ0n) is 11.3. The van der Waals surface area contributed by atoms with Gasteiger partial charge in [0.25, 0.3) is 5.91 Å². The monoisotopic (exact) mass is 321 g/mol. The van der Waals surface area contributed by atoms with Crippen LogP contribution in [-0.4, -0.2) is 12.0 Å². The average Bonchev–Trinajstić information content (AvgIpc) is 2.86. The molecule has 1 unspecified atom stereocenters. The third-order valence-electron chi connectivity index (χ3n) is 3.43. The Morgan fingerprint density at radius 1 is 1.24 bits per heavy atom. The summed E-state index contributed by atoms with van der Waals surface area (Å²) in [6.07, 6.45) is -0.0278. The van der Waals surface area contributed by atoms with E-state index in [-0.39, 0.29) is 5.91 Å². The molecule has 0 aliphatic carbocycles. The van der Waals surface area contributed by atoms with Gasteiger partial charge < -0.3 is 10.1 Å². The van der Waals surface area contributed by atoms with Crippen molar-refractivity contribution in [2.45, 2.75) is 19.4 Å². The van der Waals surface area contributed by atoms with Crippen LogP contribution in [0.5, 0.6) is 5.75 Å². The van der Waals surface area contributed by atoms with Crippen molar-refractivity contribution in [2.24, 2.45) is 0 Å². The van der Waals surface area contributed by atoms with E-state index in [0.717, 1.165) is 11.1 Å². The summed E-state index contributed by atoms with van der Waals surface area (Å²) in [6.45, 7) is 1.91. The van der Waals surface area contributed by atoms with E-state index in [1.165, 1.54) is 0 Å². The van der Waals surface area contributed by atoms with Gasteiger partial charge in [0, 0.05) is 22.2 Å². The number of benzene rings is 2. The molecule has 0 fully saturated rings. The molecule has 2 aromatic rings. The molecule has 0 saturated heterocycles. The number of nitrogens with one attached hydrogen (secondary N) is 1. The van der Waals surface area contributed by atoms with E-state index in [2.05, 4.69) is 5.32 Å². The number of ether oxygens (including phenoxy) is 1. The zero-order valence-corrected chi connectivity index (χ0v) is 12.8. The van der Waals surface area contributed by atoms with Crippen molar-refractivity contribution in [3.63, 3.8) is 0 Å². The number of hydrogen-bond acceptors (Lipinski definition) is 2. The predicted molar refractivity (Wildman–Crippen MR) is 84.4 cm³/mol. The Bertz CT molecular complexity index is 715. The fraction of sp³-hybridized carbons (Fsp3) is 0.188. The molecule has 0 spiro atoms. The van der Waals surface area contributed by atoms with Gasteiger partial charge in [-0.05, 0) is 48.4 Å². The molecule has 21 heavy (non-hydrogen) atoms. The van der Waals surface area contributed by atoms with Gasteiger partial charge in [-0.25, -0.2) is 0 Å². The van der Waals surface area contributed by atoms with Gasteiger partial charge in [0.15, 0.2) is 6.10 Å². The normalized spacial score (nSPS) is 16.2. The maximum Gasteiger partial charge on any atom is 0.265 e. The fourth-order valence-corrected chi connectivity index (χ4v) is 2.63. The van der Waals surface area contributed by atoms with E-state index in [9.17, 15) is 4.79 Å². The number of rotatable bonds is 2. The third kappa shape index (κ3) is 2.99. The lowest BCUT2D eigenvalue weighted by Crippen LogP contribution is -2.31. The quantitative estimate of drug-likeness (QED) is 0.898. The van der Waals surface area contributed by atoms with Crippen molar-refractivity contribution in [2.75, 3.05) is 5.32 Å². The summed E-state index contributed by atoms with van der Waals surface area (Å²) in [7, 11) is 0. The second-order valence-corrected chi connectivity index (χ2v) is 5.86. The average molecular weight is 322 g/mol. The van der Waals surface area contributed by atoms with Crippen molar-refractivity contribution in [3.05, 3.63) is 57.6 Å². The SMILES string of the molecule is Cc1ccc(NC(=O)C2Cc3cc(Cl)ccc3O2)cc1Cl. The number of anilines is 1. The number of carbonyl (C=O) groups is 1. The first kappa shape index (κ1) is 14.2. The van der Waals surface area contributed by atoms with E-state index in [0.29, 0.717) is 27.9 Å². The van der Waals surface area contributed by atoms with E-state index in [1.54, 1.807) is 18.2 Å². The molecule has 1 heterocycles. The van der Waals surface area contributed by atoms with Gasteiger partial charge in [0.2, 0.25) is 0 Å². The minimum absolute atomic E-state index is 0.192. The standard InChI is InChI=1S/C16H13Cl2NO2/c1-9-2-4-12(8-13(9)18)19-16(20)15-7-10-6-11(17)3-5-14(10)21-15/h2-6,8,15H,7H2,1H3,(H,19,20). The molecule has 0 saturated carbocycles. The topological polar surface area (TPSA) is 38.3 Å². The summed E-state index contributed by atoms with van der Waals surface area (Å²) in [5.74, 6) is 0.517. The smallest absolute Gasteiger partial charge is 0.265 e. The molecule has 3 nitrogen and oxygen atoms in total. The van der Waals surface area contributed by atoms with Crippen LogP contribution < -0.4 is 10.1 Å². The lowest BCUT2D eigenvalue weighted by atomic mass is 10.1. The number of halogens is 2. The molecule has 5 heteroatoms. The highest BCUT2D eigenvalue weighted by Gasteiger charge is 2.29. The van der Waals surface area contributed by atoms with Crippen LogP contribution in [0.4, 0.5) is 5.69 Å². The maximum atomic E-state index is 12.3. The zero-order chi connectivity index (χ0) is 15.0. The molecule has 1 aliphatic heterocycles. The summed E-state index contributed by atoms with van der Waals surface area (Å²) in [5.41, 5.74) is 2.58. The first-order valence-electron chi connectivity index (χ1n) is 6.55. The fourth-order valence-electron chi connectivity index (χ4n) is 2.26. The van der Waals surface area contributed by atoms with Gasteiger partial charge in [0.1, 0.15) is 5.75 Å². The van der Waals surface area contributed by atoms with Gasteiger partial charge in [0.05, 0.1) is 0 Å². The van der Waals surface area contributed by atoms with Crippen molar-refractivity contribution in [3.8, 4) is 5.75 Å². The number of hydrogen-bond donors (Lipinski definition) is 1. The van der Waals surface area contributed by atoms with Crippen LogP contribution in [-0.2, 0) is 11.2 Å². The van der Waals surface area contributed by atoms with Crippen LogP contribution in [0.1, 0.15) is 11.1 Å². The Morgan fingerprint density at radius 3 is 2.81 bits per heavy atom. The molecule has 3 rings (SSSR count). The Kier molecular flexibility index (Phi) is 3.79. The molecule has 0 bridgehead atoms. The molecule has 1 amide bonds. The van der Waals surface area contributed by atoms with Crippen molar-refractivity contribution >= 4 is 34.8 Å². The van der Waals surface area contributed by atoms with Gasteiger partial charge in [-0.1, -0.05) is 29.3 Å². The van der Waals surface area contributed by atoms with Crippen LogP contribution in [0.15, 0.2) is 36.4 Å². The van der Waals surface area contributed by atoms with E-state index < -0.39 is 6.10 Å². The van der Waals surface area contributed by atoms with Gasteiger partial charge in [-0.15, -0.1) is 0 Å². The van der Waals surface area contributed by atoms with Crippen LogP contribution >= 0.6 is 23.2 Å². The second kappa shape index (κ2) is 5.58. The minimum Gasteiger partial charge on any atom is -0.480 e. The number of fused-ring (bicyclic) bond motifs is 1. The van der Waals surface area contributed by atoms with Gasteiger partial charge in [-0.2, -0.15) is 0 Å². The van der Waals surface area contributed by atoms with Crippen molar-refractivity contribution in [1.82, 2.24) is 0 Å². The molecule has 1 atom stereocenters. The summed E-state index contributed by atoms with van der Waals surface area (Å²) in [6, 6.07) is 10.8. The second-order valence-electron chi connectivity index (χ2n) is 5.02. The molecular weight excluding hydrogens is 309 g/mol. The summed E-state index contributed by atoms with van der Waals surface area (Å²) in [4.78, 5) is 12.3. The predicted octanol–water partition coefficient (Wildman–Crippen LogP) is 4.24. The summed E-state index contributed by atoms with van der Waals surface area (Å²) >= 11 is 12.0. The Labute approximate surface area is 132 Å². The highest BCUT2D eigenvalue weighted by Crippen LogP contribution is 2.31. The van der Waals surface area contributed by atoms with Crippen LogP contribution in [0, 0.1) is 6.92 Å². The first-order chi connectivity index (χ1) is 10.0. The van der Waals surface area contributed by atoms with Gasteiger partial charge >= 0.3 is 0 Å². The molecule has 1 N–H and O–H groups in total. The van der Waals surface area contributed by atoms with Crippen molar-refractivity contribution < 1.29 is 9.53 Å². The van der Waals surface area contributed by atoms with Crippen LogP contribution in [0.2, 0.25) is 10.0 Å². The highest BCUT2D eigenvalue weighted by atomic mass is 35.5. The molecule has 2 aromatic carbocycles. The van der Waals surface area contributed by atoms with Crippen LogP contribution in [0.3, 0.4) is 0 Å².